The summed E-state index contributed by atoms with van der Waals surface area (Å²) in [5.41, 5.74) is 2.80. The first-order chi connectivity index (χ1) is 17.6. The first kappa shape index (κ1) is 25.2. The smallest absolute Gasteiger partial charge is 0.328 e. The van der Waals surface area contributed by atoms with E-state index in [1.165, 1.54) is 7.11 Å². The van der Waals surface area contributed by atoms with Gasteiger partial charge in [-0.2, -0.15) is 0 Å². The van der Waals surface area contributed by atoms with E-state index < -0.39 is 12.0 Å². The van der Waals surface area contributed by atoms with E-state index in [1.54, 1.807) is 4.90 Å². The van der Waals surface area contributed by atoms with Gasteiger partial charge in [0.1, 0.15) is 6.04 Å². The van der Waals surface area contributed by atoms with Gasteiger partial charge in [0, 0.05) is 18.2 Å². The van der Waals surface area contributed by atoms with Crippen LogP contribution in [0.25, 0.3) is 0 Å². The van der Waals surface area contributed by atoms with Crippen molar-refractivity contribution in [2.75, 3.05) is 27.2 Å². The normalized spacial score (nSPS) is 17.4. The summed E-state index contributed by atoms with van der Waals surface area (Å²) in [6, 6.07) is 28.9. The van der Waals surface area contributed by atoms with E-state index in [1.807, 2.05) is 98.0 Å². The summed E-state index contributed by atoms with van der Waals surface area (Å²) in [7, 11) is 3.41. The third kappa shape index (κ3) is 6.02. The number of methoxy groups -OCH3 is 1. The first-order valence-electron chi connectivity index (χ1n) is 12.3. The predicted molar refractivity (Wildman–Crippen MR) is 141 cm³/mol. The Labute approximate surface area is 213 Å². The molecular formula is C31H32N2O3. The van der Waals surface area contributed by atoms with E-state index in [4.69, 9.17) is 4.74 Å². The molecule has 3 aromatic carbocycles. The molecule has 36 heavy (non-hydrogen) atoms. The van der Waals surface area contributed by atoms with Gasteiger partial charge in [-0.25, -0.2) is 4.79 Å². The Morgan fingerprint density at radius 2 is 1.50 bits per heavy atom. The number of esters is 1. The van der Waals surface area contributed by atoms with Gasteiger partial charge in [0.15, 0.2) is 0 Å². The van der Waals surface area contributed by atoms with Crippen molar-refractivity contribution in [3.63, 3.8) is 0 Å². The van der Waals surface area contributed by atoms with E-state index in [2.05, 4.69) is 16.7 Å². The Morgan fingerprint density at radius 3 is 2.06 bits per heavy atom. The average molecular weight is 481 g/mol. The number of piperidine rings is 1. The molecule has 1 aliphatic heterocycles. The molecule has 1 fully saturated rings. The molecule has 1 aliphatic rings. The van der Waals surface area contributed by atoms with Crippen LogP contribution in [0.5, 0.6) is 0 Å². The molecule has 0 spiro atoms. The lowest BCUT2D eigenvalue weighted by Crippen LogP contribution is -2.55. The maximum atomic E-state index is 14.0. The van der Waals surface area contributed by atoms with E-state index in [9.17, 15) is 9.59 Å². The van der Waals surface area contributed by atoms with Crippen molar-refractivity contribution in [3.05, 3.63) is 108 Å². The Hall–Kier alpha value is -3.88. The van der Waals surface area contributed by atoms with E-state index >= 15 is 0 Å². The molecule has 2 atom stereocenters. The second kappa shape index (κ2) is 12.2. The van der Waals surface area contributed by atoms with Crippen LogP contribution in [0, 0.1) is 11.8 Å². The standard InChI is InChI=1S/C31H32N2O3/c1-32(21-12-15-24-13-6-3-7-14-24)27-20-22-33(28(23-27)31(35)36-2)30(34)29(25-16-8-4-9-17-25)26-18-10-5-11-19-26/h3-11,13-14,16-19,27-29H,20-23H2,1-2H3/t27-,28+/m1/s1. The van der Waals surface area contributed by atoms with Gasteiger partial charge in [-0.3, -0.25) is 9.69 Å². The molecule has 1 heterocycles. The van der Waals surface area contributed by atoms with E-state index in [-0.39, 0.29) is 17.9 Å². The summed E-state index contributed by atoms with van der Waals surface area (Å²) in [5, 5.41) is 0. The predicted octanol–water partition coefficient (Wildman–Crippen LogP) is 4.33. The Bertz CT molecular complexity index is 1160. The molecule has 0 bridgehead atoms. The van der Waals surface area contributed by atoms with Crippen LogP contribution in [0.4, 0.5) is 0 Å². The number of carbonyl (C=O) groups is 2. The maximum Gasteiger partial charge on any atom is 0.328 e. The fraction of sp³-hybridized carbons (Fsp3) is 0.290. The quantitative estimate of drug-likeness (QED) is 0.389. The van der Waals surface area contributed by atoms with Crippen LogP contribution in [-0.2, 0) is 14.3 Å². The number of ether oxygens (including phenoxy) is 1. The lowest BCUT2D eigenvalue weighted by Gasteiger charge is -2.42. The minimum Gasteiger partial charge on any atom is -0.467 e. The molecule has 5 heteroatoms. The Morgan fingerprint density at radius 1 is 0.944 bits per heavy atom. The van der Waals surface area contributed by atoms with Crippen LogP contribution < -0.4 is 0 Å². The number of amides is 1. The number of hydrogen-bond acceptors (Lipinski definition) is 4. The number of likely N-dealkylation sites (tertiary alicyclic amines) is 1. The third-order valence-electron chi connectivity index (χ3n) is 6.80. The number of benzene rings is 3. The van der Waals surface area contributed by atoms with Gasteiger partial charge in [-0.15, -0.1) is 0 Å². The molecule has 1 saturated heterocycles. The van der Waals surface area contributed by atoms with Gasteiger partial charge in [0.05, 0.1) is 19.6 Å². The minimum absolute atomic E-state index is 0.0761. The molecule has 4 rings (SSSR count). The molecule has 1 amide bonds. The van der Waals surface area contributed by atoms with Crippen molar-refractivity contribution in [1.29, 1.82) is 0 Å². The molecule has 0 radical (unpaired) electrons. The van der Waals surface area contributed by atoms with Crippen LogP contribution in [0.1, 0.15) is 35.4 Å². The van der Waals surface area contributed by atoms with Crippen molar-refractivity contribution in [1.82, 2.24) is 9.80 Å². The molecule has 0 unspecified atom stereocenters. The van der Waals surface area contributed by atoms with Gasteiger partial charge in [-0.05, 0) is 43.1 Å². The average Bonchev–Trinajstić information content (AvgIpc) is 2.94. The highest BCUT2D eigenvalue weighted by atomic mass is 16.5. The second-order valence-corrected chi connectivity index (χ2v) is 9.09. The summed E-state index contributed by atoms with van der Waals surface area (Å²) in [6.45, 7) is 1.06. The molecule has 0 aromatic heterocycles. The molecule has 0 saturated carbocycles. The SMILES string of the molecule is COC(=O)[C@@H]1C[C@H](N(C)CC#Cc2ccccc2)CCN1C(=O)C(c1ccccc1)c1ccccc1. The van der Waals surface area contributed by atoms with E-state index in [0.717, 1.165) is 23.1 Å². The molecule has 0 aliphatic carbocycles. The summed E-state index contributed by atoms with van der Waals surface area (Å²) in [6.07, 6.45) is 1.28. The summed E-state index contributed by atoms with van der Waals surface area (Å²) < 4.78 is 5.15. The van der Waals surface area contributed by atoms with E-state index in [0.29, 0.717) is 19.5 Å². The zero-order chi connectivity index (χ0) is 25.3. The lowest BCUT2D eigenvalue weighted by molar-refractivity contribution is -0.156. The number of carbonyl (C=O) groups excluding carboxylic acids is 2. The summed E-state index contributed by atoms with van der Waals surface area (Å²) >= 11 is 0. The molecular weight excluding hydrogens is 448 g/mol. The van der Waals surface area contributed by atoms with Crippen LogP contribution in [-0.4, -0.2) is 61.0 Å². The highest BCUT2D eigenvalue weighted by Gasteiger charge is 2.40. The zero-order valence-electron chi connectivity index (χ0n) is 20.8. The second-order valence-electron chi connectivity index (χ2n) is 9.09. The minimum atomic E-state index is -0.638. The Kier molecular flexibility index (Phi) is 8.54. The van der Waals surface area contributed by atoms with Gasteiger partial charge < -0.3 is 9.64 Å². The molecule has 184 valence electrons. The van der Waals surface area contributed by atoms with Crippen molar-refractivity contribution >= 4 is 11.9 Å². The van der Waals surface area contributed by atoms with Gasteiger partial charge in [0.2, 0.25) is 5.91 Å². The van der Waals surface area contributed by atoms with Crippen molar-refractivity contribution in [2.45, 2.75) is 30.8 Å². The van der Waals surface area contributed by atoms with Crippen LogP contribution in [0.3, 0.4) is 0 Å². The van der Waals surface area contributed by atoms with Crippen molar-refractivity contribution < 1.29 is 14.3 Å². The van der Waals surface area contributed by atoms with Crippen LogP contribution in [0.15, 0.2) is 91.0 Å². The molecule has 3 aromatic rings. The number of rotatable bonds is 6. The Balaban J connectivity index is 1.53. The lowest BCUT2D eigenvalue weighted by atomic mass is 9.87. The monoisotopic (exact) mass is 480 g/mol. The van der Waals surface area contributed by atoms with Crippen molar-refractivity contribution in [3.8, 4) is 11.8 Å². The summed E-state index contributed by atoms with van der Waals surface area (Å²) in [4.78, 5) is 30.8. The number of nitrogens with zero attached hydrogens (tertiary/aromatic N) is 2. The molecule has 5 nitrogen and oxygen atoms in total. The fourth-order valence-corrected chi connectivity index (χ4v) is 4.82. The first-order valence-corrected chi connectivity index (χ1v) is 12.3. The van der Waals surface area contributed by atoms with Crippen molar-refractivity contribution in [2.24, 2.45) is 0 Å². The van der Waals surface area contributed by atoms with Gasteiger partial charge in [0.25, 0.3) is 0 Å². The van der Waals surface area contributed by atoms with Gasteiger partial charge in [-0.1, -0.05) is 90.7 Å². The van der Waals surface area contributed by atoms with Gasteiger partial charge >= 0.3 is 5.97 Å². The highest BCUT2D eigenvalue weighted by Crippen LogP contribution is 2.31. The highest BCUT2D eigenvalue weighted by molar-refractivity contribution is 5.91. The fourth-order valence-electron chi connectivity index (χ4n) is 4.82. The van der Waals surface area contributed by atoms with Crippen LogP contribution >= 0.6 is 0 Å². The molecule has 0 N–H and O–H groups in total. The maximum absolute atomic E-state index is 14.0. The number of hydrogen-bond donors (Lipinski definition) is 0. The van der Waals surface area contributed by atoms with Crippen LogP contribution in [0.2, 0.25) is 0 Å². The largest absolute Gasteiger partial charge is 0.467 e. The third-order valence-corrected chi connectivity index (χ3v) is 6.80. The topological polar surface area (TPSA) is 49.9 Å². The zero-order valence-corrected chi connectivity index (χ0v) is 20.8. The summed E-state index contributed by atoms with van der Waals surface area (Å²) in [5.74, 6) is 5.49.